The van der Waals surface area contributed by atoms with E-state index in [1.165, 1.54) is 18.0 Å². The molecule has 1 N–H and O–H groups in total. The fourth-order valence-electron chi connectivity index (χ4n) is 3.58. The Kier molecular flexibility index (Phi) is 5.63. The number of nitrogens with one attached hydrogen (secondary N) is 1. The minimum atomic E-state index is -0.333. The molecule has 0 saturated carbocycles. The van der Waals surface area contributed by atoms with E-state index in [1.54, 1.807) is 39.6 Å². The Balaban J connectivity index is 1.44. The highest BCUT2D eigenvalue weighted by Crippen LogP contribution is 2.34. The maximum Gasteiger partial charge on any atom is 0.265 e. The van der Waals surface area contributed by atoms with Crippen LogP contribution in [0.1, 0.15) is 12.5 Å². The minimum absolute atomic E-state index is 0.106. The summed E-state index contributed by atoms with van der Waals surface area (Å²) in [5.41, 5.74) is 1.40. The van der Waals surface area contributed by atoms with Crippen molar-refractivity contribution in [3.63, 3.8) is 0 Å². The molecule has 11 heteroatoms. The van der Waals surface area contributed by atoms with Crippen molar-refractivity contribution in [1.29, 1.82) is 0 Å². The standard InChI is InChI=1S/C21H14Cl3N5O2S/c22-11-2-1-3-13(6-11)29-19-15(9-25-29)20(31)28-14(10-32-21(28)27-19)8-18(30)26-17-5-4-12(23)7-16(17)24/h1-7,9,14H,8,10H2,(H,26,30). The van der Waals surface area contributed by atoms with Gasteiger partial charge in [0.25, 0.3) is 5.56 Å². The number of halogens is 3. The predicted molar refractivity (Wildman–Crippen MR) is 128 cm³/mol. The third-order valence-electron chi connectivity index (χ3n) is 5.05. The second-order valence-corrected chi connectivity index (χ2v) is 9.45. The largest absolute Gasteiger partial charge is 0.325 e. The summed E-state index contributed by atoms with van der Waals surface area (Å²) in [4.78, 5) is 30.5. The molecule has 1 atom stereocenters. The molecule has 3 heterocycles. The highest BCUT2D eigenvalue weighted by Gasteiger charge is 2.29. The molecule has 1 amide bonds. The third-order valence-corrected chi connectivity index (χ3v) is 6.93. The van der Waals surface area contributed by atoms with Crippen molar-refractivity contribution in [2.75, 3.05) is 11.1 Å². The normalized spacial score (nSPS) is 15.2. The highest BCUT2D eigenvalue weighted by molar-refractivity contribution is 7.99. The summed E-state index contributed by atoms with van der Waals surface area (Å²) in [7, 11) is 0. The number of aromatic nitrogens is 4. The monoisotopic (exact) mass is 505 g/mol. The molecule has 0 bridgehead atoms. The van der Waals surface area contributed by atoms with Crippen molar-refractivity contribution >= 4 is 69.2 Å². The molecular formula is C21H14Cl3N5O2S. The first-order chi connectivity index (χ1) is 15.4. The molecular weight excluding hydrogens is 493 g/mol. The number of hydrogen-bond donors (Lipinski definition) is 1. The van der Waals surface area contributed by atoms with Crippen molar-refractivity contribution in [3.8, 4) is 5.69 Å². The molecule has 1 unspecified atom stereocenters. The molecule has 7 nitrogen and oxygen atoms in total. The number of anilines is 1. The molecule has 1 aliphatic rings. The van der Waals surface area contributed by atoms with Crippen LogP contribution in [0.15, 0.2) is 58.6 Å². The van der Waals surface area contributed by atoms with Crippen LogP contribution in [0.2, 0.25) is 15.1 Å². The van der Waals surface area contributed by atoms with Gasteiger partial charge in [-0.05, 0) is 36.4 Å². The average molecular weight is 507 g/mol. The lowest BCUT2D eigenvalue weighted by atomic mass is 10.2. The van der Waals surface area contributed by atoms with Gasteiger partial charge in [-0.1, -0.05) is 52.6 Å². The second-order valence-electron chi connectivity index (χ2n) is 7.18. The Morgan fingerprint density at radius 1 is 1.16 bits per heavy atom. The zero-order chi connectivity index (χ0) is 22.4. The zero-order valence-electron chi connectivity index (χ0n) is 16.3. The van der Waals surface area contributed by atoms with E-state index < -0.39 is 0 Å². The van der Waals surface area contributed by atoms with Gasteiger partial charge in [0.15, 0.2) is 10.8 Å². The predicted octanol–water partition coefficient (Wildman–Crippen LogP) is 5.22. The first-order valence-corrected chi connectivity index (χ1v) is 11.7. The van der Waals surface area contributed by atoms with Crippen molar-refractivity contribution in [3.05, 3.63) is 74.1 Å². The van der Waals surface area contributed by atoms with E-state index in [0.29, 0.717) is 48.4 Å². The van der Waals surface area contributed by atoms with Gasteiger partial charge in [-0.25, -0.2) is 9.67 Å². The van der Waals surface area contributed by atoms with Crippen LogP contribution < -0.4 is 10.9 Å². The van der Waals surface area contributed by atoms with Crippen molar-refractivity contribution in [2.45, 2.75) is 17.6 Å². The SMILES string of the molecule is O=C(CC1CSc2nc3c(cnn3-c3cccc(Cl)c3)c(=O)n21)Nc1ccc(Cl)cc1Cl. The van der Waals surface area contributed by atoms with E-state index in [4.69, 9.17) is 34.8 Å². The summed E-state index contributed by atoms with van der Waals surface area (Å²) < 4.78 is 3.16. The van der Waals surface area contributed by atoms with E-state index in [9.17, 15) is 9.59 Å². The maximum atomic E-state index is 13.2. The molecule has 4 aromatic rings. The smallest absolute Gasteiger partial charge is 0.265 e. The van der Waals surface area contributed by atoms with Crippen LogP contribution in [-0.4, -0.2) is 31.0 Å². The Morgan fingerprint density at radius 3 is 2.75 bits per heavy atom. The van der Waals surface area contributed by atoms with E-state index in [1.807, 2.05) is 12.1 Å². The van der Waals surface area contributed by atoms with Crippen LogP contribution >= 0.6 is 46.6 Å². The quantitative estimate of drug-likeness (QED) is 0.384. The van der Waals surface area contributed by atoms with Gasteiger partial charge in [0.2, 0.25) is 5.91 Å². The number of carbonyl (C=O) groups is 1. The Hall–Kier alpha value is -2.52. The van der Waals surface area contributed by atoms with Crippen LogP contribution in [0.4, 0.5) is 5.69 Å². The molecule has 0 aliphatic carbocycles. The van der Waals surface area contributed by atoms with E-state index in [-0.39, 0.29) is 23.9 Å². The number of rotatable bonds is 4. The van der Waals surface area contributed by atoms with Gasteiger partial charge < -0.3 is 5.32 Å². The first-order valence-electron chi connectivity index (χ1n) is 9.54. The first kappa shape index (κ1) is 21.3. The molecule has 0 fully saturated rings. The van der Waals surface area contributed by atoms with Crippen LogP contribution in [0, 0.1) is 0 Å². The second kappa shape index (κ2) is 8.44. The molecule has 5 rings (SSSR count). The Labute approximate surface area is 201 Å². The number of nitrogens with zero attached hydrogens (tertiary/aromatic N) is 4. The van der Waals surface area contributed by atoms with Gasteiger partial charge in [-0.3, -0.25) is 14.2 Å². The summed E-state index contributed by atoms with van der Waals surface area (Å²) >= 11 is 19.6. The van der Waals surface area contributed by atoms with Crippen LogP contribution in [0.25, 0.3) is 16.7 Å². The number of amides is 1. The Morgan fingerprint density at radius 2 is 1.97 bits per heavy atom. The molecule has 1 aliphatic heterocycles. The number of thioether (sulfide) groups is 1. The van der Waals surface area contributed by atoms with Crippen LogP contribution in [-0.2, 0) is 4.79 Å². The summed E-state index contributed by atoms with van der Waals surface area (Å²) in [5, 5.41) is 9.43. The van der Waals surface area contributed by atoms with Crippen molar-refractivity contribution < 1.29 is 4.79 Å². The van der Waals surface area contributed by atoms with E-state index in [2.05, 4.69) is 15.4 Å². The van der Waals surface area contributed by atoms with Gasteiger partial charge >= 0.3 is 0 Å². The highest BCUT2D eigenvalue weighted by atomic mass is 35.5. The summed E-state index contributed by atoms with van der Waals surface area (Å²) in [5.74, 6) is 0.301. The summed E-state index contributed by atoms with van der Waals surface area (Å²) in [6, 6.07) is 11.7. The lowest BCUT2D eigenvalue weighted by Gasteiger charge is -2.14. The minimum Gasteiger partial charge on any atom is -0.325 e. The van der Waals surface area contributed by atoms with Gasteiger partial charge in [-0.15, -0.1) is 0 Å². The van der Waals surface area contributed by atoms with Gasteiger partial charge in [-0.2, -0.15) is 5.10 Å². The van der Waals surface area contributed by atoms with E-state index >= 15 is 0 Å². The number of benzene rings is 2. The number of carbonyl (C=O) groups excluding carboxylic acids is 1. The fourth-order valence-corrected chi connectivity index (χ4v) is 5.35. The molecule has 0 saturated heterocycles. The number of hydrogen-bond acceptors (Lipinski definition) is 5. The lowest BCUT2D eigenvalue weighted by molar-refractivity contribution is -0.116. The summed E-state index contributed by atoms with van der Waals surface area (Å²) in [6.07, 6.45) is 1.60. The molecule has 2 aromatic heterocycles. The molecule has 0 spiro atoms. The molecule has 0 radical (unpaired) electrons. The maximum absolute atomic E-state index is 13.2. The van der Waals surface area contributed by atoms with Gasteiger partial charge in [0, 0.05) is 22.2 Å². The average Bonchev–Trinajstić information content (AvgIpc) is 3.35. The lowest BCUT2D eigenvalue weighted by Crippen LogP contribution is -2.27. The third kappa shape index (κ3) is 3.88. The van der Waals surface area contributed by atoms with Crippen molar-refractivity contribution in [1.82, 2.24) is 19.3 Å². The Bertz CT molecular complexity index is 1430. The topological polar surface area (TPSA) is 81.8 Å². The number of fused-ring (bicyclic) bond motifs is 2. The molecule has 162 valence electrons. The van der Waals surface area contributed by atoms with Crippen molar-refractivity contribution in [2.24, 2.45) is 0 Å². The summed E-state index contributed by atoms with van der Waals surface area (Å²) in [6.45, 7) is 0. The molecule has 2 aromatic carbocycles. The molecule has 32 heavy (non-hydrogen) atoms. The van der Waals surface area contributed by atoms with Gasteiger partial charge in [0.1, 0.15) is 5.39 Å². The van der Waals surface area contributed by atoms with Crippen LogP contribution in [0.5, 0.6) is 0 Å². The zero-order valence-corrected chi connectivity index (χ0v) is 19.3. The van der Waals surface area contributed by atoms with E-state index in [0.717, 1.165) is 0 Å². The fraction of sp³-hybridized carbons (Fsp3) is 0.143. The van der Waals surface area contributed by atoms with Gasteiger partial charge in [0.05, 0.1) is 28.6 Å². The van der Waals surface area contributed by atoms with Crippen LogP contribution in [0.3, 0.4) is 0 Å².